The second kappa shape index (κ2) is 5.03. The van der Waals surface area contributed by atoms with Gasteiger partial charge in [0.1, 0.15) is 0 Å². The zero-order valence-corrected chi connectivity index (χ0v) is 11.9. The summed E-state index contributed by atoms with van der Waals surface area (Å²) in [6.07, 6.45) is 0. The first-order valence-corrected chi connectivity index (χ1v) is 6.92. The fourth-order valence-electron chi connectivity index (χ4n) is 2.38. The number of benzene rings is 1. The lowest BCUT2D eigenvalue weighted by Gasteiger charge is -2.30. The van der Waals surface area contributed by atoms with Crippen LogP contribution in [0.25, 0.3) is 0 Å². The topological polar surface area (TPSA) is 49.9 Å². The molecular formula is C13H13BrN2O3. The summed E-state index contributed by atoms with van der Waals surface area (Å²) >= 11 is 3.33. The zero-order chi connectivity index (χ0) is 13.4. The van der Waals surface area contributed by atoms with Crippen LogP contribution in [0.3, 0.4) is 0 Å². The third kappa shape index (κ3) is 2.20. The molecule has 0 aliphatic carbocycles. The number of hydrogen-bond donors (Lipinski definition) is 0. The molecule has 0 aromatic heterocycles. The highest BCUT2D eigenvalue weighted by molar-refractivity contribution is 9.10. The van der Waals surface area contributed by atoms with Gasteiger partial charge in [-0.2, -0.15) is 0 Å². The minimum absolute atomic E-state index is 0.435. The predicted octanol–water partition coefficient (Wildman–Crippen LogP) is 1.27. The molecule has 100 valence electrons. The number of rotatable bonds is 2. The first-order chi connectivity index (χ1) is 9.18. The van der Waals surface area contributed by atoms with Gasteiger partial charge in [0.15, 0.2) is 0 Å². The van der Waals surface area contributed by atoms with E-state index in [1.807, 2.05) is 12.1 Å². The van der Waals surface area contributed by atoms with E-state index in [9.17, 15) is 9.59 Å². The average molecular weight is 325 g/mol. The van der Waals surface area contributed by atoms with E-state index in [4.69, 9.17) is 4.74 Å². The molecule has 0 saturated carbocycles. The highest BCUT2D eigenvalue weighted by Crippen LogP contribution is 2.34. The Balaban J connectivity index is 1.88. The van der Waals surface area contributed by atoms with Crippen LogP contribution in [0.4, 0.5) is 5.69 Å². The van der Waals surface area contributed by atoms with Crippen LogP contribution in [-0.4, -0.2) is 49.6 Å². The number of anilines is 1. The quantitative estimate of drug-likeness (QED) is 0.769. The molecule has 0 radical (unpaired) electrons. The smallest absolute Gasteiger partial charge is 0.300 e. The Morgan fingerprint density at radius 3 is 2.68 bits per heavy atom. The highest BCUT2D eigenvalue weighted by Gasteiger charge is 2.38. The van der Waals surface area contributed by atoms with Crippen LogP contribution in [-0.2, 0) is 9.53 Å². The maximum Gasteiger partial charge on any atom is 0.300 e. The van der Waals surface area contributed by atoms with Crippen molar-refractivity contribution in [3.8, 4) is 0 Å². The fourth-order valence-corrected chi connectivity index (χ4v) is 2.92. The van der Waals surface area contributed by atoms with Crippen LogP contribution >= 0.6 is 15.9 Å². The number of halogens is 1. The predicted molar refractivity (Wildman–Crippen MR) is 73.2 cm³/mol. The Kier molecular flexibility index (Phi) is 3.38. The molecule has 2 heterocycles. The molecule has 0 atom stereocenters. The van der Waals surface area contributed by atoms with Crippen molar-refractivity contribution in [2.75, 3.05) is 37.9 Å². The van der Waals surface area contributed by atoms with Gasteiger partial charge < -0.3 is 4.74 Å². The highest BCUT2D eigenvalue weighted by atomic mass is 79.9. The molecule has 2 aliphatic heterocycles. The van der Waals surface area contributed by atoms with Gasteiger partial charge in [-0.25, -0.2) is 0 Å². The number of hydrogen-bond acceptors (Lipinski definition) is 4. The number of nitrogens with zero attached hydrogens (tertiary/aromatic N) is 2. The van der Waals surface area contributed by atoms with Crippen LogP contribution in [0, 0.1) is 0 Å². The molecule has 0 unspecified atom stereocenters. The fraction of sp³-hybridized carbons (Fsp3) is 0.385. The maximum absolute atomic E-state index is 12.1. The molecule has 19 heavy (non-hydrogen) atoms. The second-order valence-corrected chi connectivity index (χ2v) is 5.42. The molecule has 2 aliphatic rings. The number of Topliss-reactive ketones (excluding diaryl/α,β-unsaturated/α-hetero) is 1. The van der Waals surface area contributed by atoms with Crippen molar-refractivity contribution in [1.82, 2.24) is 4.90 Å². The SMILES string of the molecule is O=C1C(=O)N(CN2CCOCC2)c2cccc(Br)c21. The molecular weight excluding hydrogens is 312 g/mol. The Hall–Kier alpha value is -1.24. The van der Waals surface area contributed by atoms with Crippen molar-refractivity contribution in [2.24, 2.45) is 0 Å². The maximum atomic E-state index is 12.1. The van der Waals surface area contributed by atoms with E-state index in [0.717, 1.165) is 13.1 Å². The van der Waals surface area contributed by atoms with E-state index < -0.39 is 11.7 Å². The van der Waals surface area contributed by atoms with Gasteiger partial charge in [0.05, 0.1) is 31.1 Å². The number of fused-ring (bicyclic) bond motifs is 1. The van der Waals surface area contributed by atoms with Crippen molar-refractivity contribution >= 4 is 33.3 Å². The number of carbonyl (C=O) groups excluding carboxylic acids is 2. The summed E-state index contributed by atoms with van der Waals surface area (Å²) in [5, 5.41) is 0. The second-order valence-electron chi connectivity index (χ2n) is 4.57. The molecule has 1 amide bonds. The molecule has 1 aromatic carbocycles. The lowest BCUT2D eigenvalue weighted by atomic mass is 10.1. The Bertz CT molecular complexity index is 541. The summed E-state index contributed by atoms with van der Waals surface area (Å²) in [5.74, 6) is -0.885. The van der Waals surface area contributed by atoms with Crippen molar-refractivity contribution in [3.63, 3.8) is 0 Å². The molecule has 1 saturated heterocycles. The Morgan fingerprint density at radius 2 is 1.95 bits per heavy atom. The Morgan fingerprint density at radius 1 is 1.21 bits per heavy atom. The summed E-state index contributed by atoms with van der Waals surface area (Å²) in [5.41, 5.74) is 1.16. The standard InChI is InChI=1S/C13H13BrN2O3/c14-9-2-1-3-10-11(9)12(17)13(18)16(10)8-15-4-6-19-7-5-15/h1-3H,4-8H2. The van der Waals surface area contributed by atoms with Crippen LogP contribution < -0.4 is 4.90 Å². The van der Waals surface area contributed by atoms with Gasteiger partial charge >= 0.3 is 5.91 Å². The normalized spacial score (nSPS) is 19.9. The van der Waals surface area contributed by atoms with E-state index in [1.165, 1.54) is 0 Å². The summed E-state index contributed by atoms with van der Waals surface area (Å²) in [4.78, 5) is 27.8. The van der Waals surface area contributed by atoms with E-state index in [1.54, 1.807) is 11.0 Å². The molecule has 1 aromatic rings. The first-order valence-electron chi connectivity index (χ1n) is 6.13. The summed E-state index contributed by atoms with van der Waals surface area (Å²) < 4.78 is 5.96. The number of amides is 1. The summed E-state index contributed by atoms with van der Waals surface area (Å²) in [6.45, 7) is 3.34. The van der Waals surface area contributed by atoms with E-state index in [2.05, 4.69) is 20.8 Å². The monoisotopic (exact) mass is 324 g/mol. The molecule has 0 N–H and O–H groups in total. The molecule has 0 spiro atoms. The molecule has 0 bridgehead atoms. The zero-order valence-electron chi connectivity index (χ0n) is 10.3. The summed E-state index contributed by atoms with van der Waals surface area (Å²) in [7, 11) is 0. The lowest BCUT2D eigenvalue weighted by molar-refractivity contribution is -0.114. The lowest BCUT2D eigenvalue weighted by Crippen LogP contribution is -2.45. The number of morpholine rings is 1. The van der Waals surface area contributed by atoms with Gasteiger partial charge in [0.2, 0.25) is 0 Å². The largest absolute Gasteiger partial charge is 0.379 e. The number of ketones is 1. The first kappa shape index (κ1) is 12.8. The van der Waals surface area contributed by atoms with E-state index in [-0.39, 0.29) is 0 Å². The minimum Gasteiger partial charge on any atom is -0.379 e. The van der Waals surface area contributed by atoms with Crippen molar-refractivity contribution in [2.45, 2.75) is 0 Å². The van der Waals surface area contributed by atoms with Gasteiger partial charge in [-0.05, 0) is 28.1 Å². The van der Waals surface area contributed by atoms with Gasteiger partial charge in [0, 0.05) is 17.6 Å². The molecule has 3 rings (SSSR count). The van der Waals surface area contributed by atoms with Crippen molar-refractivity contribution in [3.05, 3.63) is 28.2 Å². The van der Waals surface area contributed by atoms with Crippen LogP contribution in [0.1, 0.15) is 10.4 Å². The number of ether oxygens (including phenoxy) is 1. The van der Waals surface area contributed by atoms with Crippen LogP contribution in [0.5, 0.6) is 0 Å². The van der Waals surface area contributed by atoms with Gasteiger partial charge in [-0.3, -0.25) is 19.4 Å². The average Bonchev–Trinajstić information content (AvgIpc) is 2.66. The molecule has 1 fully saturated rings. The third-order valence-corrected chi connectivity index (χ3v) is 4.05. The summed E-state index contributed by atoms with van der Waals surface area (Å²) in [6, 6.07) is 5.42. The Labute approximate surface area is 119 Å². The van der Waals surface area contributed by atoms with Crippen molar-refractivity contribution in [1.29, 1.82) is 0 Å². The van der Waals surface area contributed by atoms with Gasteiger partial charge in [0.25, 0.3) is 5.78 Å². The number of carbonyl (C=O) groups is 2. The van der Waals surface area contributed by atoms with Crippen LogP contribution in [0.2, 0.25) is 0 Å². The third-order valence-electron chi connectivity index (χ3n) is 3.39. The molecule has 5 nitrogen and oxygen atoms in total. The van der Waals surface area contributed by atoms with E-state index in [0.29, 0.717) is 35.6 Å². The van der Waals surface area contributed by atoms with Gasteiger partial charge in [-0.15, -0.1) is 0 Å². The molecule has 6 heteroatoms. The van der Waals surface area contributed by atoms with E-state index >= 15 is 0 Å². The minimum atomic E-state index is -0.451. The van der Waals surface area contributed by atoms with Crippen LogP contribution in [0.15, 0.2) is 22.7 Å². The van der Waals surface area contributed by atoms with Gasteiger partial charge in [-0.1, -0.05) is 6.07 Å². The van der Waals surface area contributed by atoms with Crippen molar-refractivity contribution < 1.29 is 14.3 Å².